The molecule has 0 saturated carbocycles. The van der Waals surface area contributed by atoms with Crippen LogP contribution >= 0.6 is 0 Å². The van der Waals surface area contributed by atoms with Gasteiger partial charge in [0.25, 0.3) is 16.0 Å². The van der Waals surface area contributed by atoms with Gasteiger partial charge in [0.15, 0.2) is 0 Å². The van der Waals surface area contributed by atoms with Gasteiger partial charge in [0, 0.05) is 18.3 Å². The molecule has 0 aliphatic carbocycles. The molecule has 24 heavy (non-hydrogen) atoms. The molecule has 2 heterocycles. The molecule has 3 rings (SSSR count). The van der Waals surface area contributed by atoms with Crippen molar-refractivity contribution in [2.45, 2.75) is 24.9 Å². The first-order valence-electron chi connectivity index (χ1n) is 7.16. The van der Waals surface area contributed by atoms with Gasteiger partial charge >= 0.3 is 0 Å². The number of anilines is 1. The van der Waals surface area contributed by atoms with Crippen molar-refractivity contribution in [1.29, 1.82) is 0 Å². The summed E-state index contributed by atoms with van der Waals surface area (Å²) in [5.74, 6) is -0.447. The minimum Gasteiger partial charge on any atom is -0.272 e. The fraction of sp³-hybridized carbons (Fsp3) is 0.214. The number of benzene rings is 1. The maximum Gasteiger partial charge on any atom is 0.267 e. The minimum atomic E-state index is -3.82. The Hall–Kier alpha value is -2.75. The average molecular weight is 350 g/mol. The van der Waals surface area contributed by atoms with Crippen LogP contribution in [0.3, 0.4) is 0 Å². The molecular weight excluding hydrogens is 335 g/mol. The van der Waals surface area contributed by atoms with Crippen LogP contribution in [0.15, 0.2) is 47.9 Å². The SMILES string of the molecule is CCn1cc(S(=O)(=O)Nc2ncn(Cc3ccccc3F)n2)cn1. The van der Waals surface area contributed by atoms with Crippen molar-refractivity contribution in [2.75, 3.05) is 4.72 Å². The fourth-order valence-electron chi connectivity index (χ4n) is 2.05. The quantitative estimate of drug-likeness (QED) is 0.727. The lowest BCUT2D eigenvalue weighted by Gasteiger charge is -2.03. The predicted molar refractivity (Wildman–Crippen MR) is 84.2 cm³/mol. The Morgan fingerprint density at radius 3 is 2.75 bits per heavy atom. The number of sulfonamides is 1. The molecule has 8 nitrogen and oxygen atoms in total. The van der Waals surface area contributed by atoms with Crippen LogP contribution in [-0.2, 0) is 23.1 Å². The Bertz CT molecular complexity index is 950. The van der Waals surface area contributed by atoms with Crippen LogP contribution in [0.2, 0.25) is 0 Å². The second kappa shape index (κ2) is 6.40. The van der Waals surface area contributed by atoms with E-state index < -0.39 is 10.0 Å². The van der Waals surface area contributed by atoms with Gasteiger partial charge in [-0.25, -0.2) is 22.2 Å². The van der Waals surface area contributed by atoms with Crippen molar-refractivity contribution in [1.82, 2.24) is 24.5 Å². The van der Waals surface area contributed by atoms with Crippen LogP contribution in [0.25, 0.3) is 0 Å². The highest BCUT2D eigenvalue weighted by Gasteiger charge is 2.18. The number of aryl methyl sites for hydroxylation is 1. The first-order valence-corrected chi connectivity index (χ1v) is 8.64. The summed E-state index contributed by atoms with van der Waals surface area (Å²) in [4.78, 5) is 3.91. The molecule has 0 spiro atoms. The van der Waals surface area contributed by atoms with E-state index in [0.29, 0.717) is 12.1 Å². The lowest BCUT2D eigenvalue weighted by Crippen LogP contribution is -2.14. The number of hydrogen-bond acceptors (Lipinski definition) is 5. The highest BCUT2D eigenvalue weighted by Crippen LogP contribution is 2.13. The molecule has 1 aromatic carbocycles. The lowest BCUT2D eigenvalue weighted by molar-refractivity contribution is 0.584. The summed E-state index contributed by atoms with van der Waals surface area (Å²) in [6.45, 7) is 2.56. The highest BCUT2D eigenvalue weighted by atomic mass is 32.2. The Kier molecular flexibility index (Phi) is 4.30. The van der Waals surface area contributed by atoms with Gasteiger partial charge in [-0.05, 0) is 13.0 Å². The van der Waals surface area contributed by atoms with Gasteiger partial charge in [0.2, 0.25) is 0 Å². The Morgan fingerprint density at radius 1 is 1.25 bits per heavy atom. The van der Waals surface area contributed by atoms with Gasteiger partial charge in [-0.1, -0.05) is 18.2 Å². The van der Waals surface area contributed by atoms with E-state index in [1.165, 1.54) is 34.2 Å². The monoisotopic (exact) mass is 350 g/mol. The van der Waals surface area contributed by atoms with Crippen LogP contribution in [0, 0.1) is 5.82 Å². The van der Waals surface area contributed by atoms with Crippen molar-refractivity contribution in [2.24, 2.45) is 0 Å². The molecule has 1 N–H and O–H groups in total. The number of nitrogens with one attached hydrogen (secondary N) is 1. The predicted octanol–water partition coefficient (Wildman–Crippen LogP) is 1.48. The second-order valence-electron chi connectivity index (χ2n) is 4.99. The molecule has 2 aromatic heterocycles. The summed E-state index contributed by atoms with van der Waals surface area (Å²) in [6, 6.07) is 6.28. The zero-order valence-corrected chi connectivity index (χ0v) is 13.6. The van der Waals surface area contributed by atoms with Crippen molar-refractivity contribution in [3.63, 3.8) is 0 Å². The van der Waals surface area contributed by atoms with Crippen molar-refractivity contribution >= 4 is 16.0 Å². The molecule has 3 aromatic rings. The van der Waals surface area contributed by atoms with Gasteiger partial charge < -0.3 is 0 Å². The molecule has 126 valence electrons. The normalized spacial score (nSPS) is 11.6. The van der Waals surface area contributed by atoms with Gasteiger partial charge in [-0.15, -0.1) is 5.10 Å². The largest absolute Gasteiger partial charge is 0.272 e. The molecule has 10 heteroatoms. The Labute approximate surface area is 138 Å². The van der Waals surface area contributed by atoms with Crippen molar-refractivity contribution < 1.29 is 12.8 Å². The smallest absolute Gasteiger partial charge is 0.267 e. The van der Waals surface area contributed by atoms with E-state index in [4.69, 9.17) is 0 Å². The topological polar surface area (TPSA) is 94.7 Å². The maximum absolute atomic E-state index is 13.6. The zero-order valence-electron chi connectivity index (χ0n) is 12.8. The minimum absolute atomic E-state index is 0.0230. The molecule has 0 radical (unpaired) electrons. The van der Waals surface area contributed by atoms with E-state index in [1.807, 2.05) is 6.92 Å². The Morgan fingerprint density at radius 2 is 2.04 bits per heavy atom. The van der Waals surface area contributed by atoms with Crippen LogP contribution in [0.4, 0.5) is 10.3 Å². The van der Waals surface area contributed by atoms with Crippen LogP contribution in [0.5, 0.6) is 0 Å². The molecule has 0 fully saturated rings. The Balaban J connectivity index is 1.75. The molecule has 0 bridgehead atoms. The molecule has 0 amide bonds. The molecular formula is C14H15FN6O2S. The van der Waals surface area contributed by atoms with E-state index in [9.17, 15) is 12.8 Å². The van der Waals surface area contributed by atoms with E-state index in [0.717, 1.165) is 0 Å². The van der Waals surface area contributed by atoms with Gasteiger partial charge in [0.05, 0.1) is 12.7 Å². The molecule has 0 atom stereocenters. The summed E-state index contributed by atoms with van der Waals surface area (Å²) in [7, 11) is -3.82. The maximum atomic E-state index is 13.6. The highest BCUT2D eigenvalue weighted by molar-refractivity contribution is 7.92. The molecule has 0 aliphatic heterocycles. The third-order valence-corrected chi connectivity index (χ3v) is 4.58. The average Bonchev–Trinajstić information content (AvgIpc) is 3.19. The zero-order chi connectivity index (χ0) is 17.2. The lowest BCUT2D eigenvalue weighted by atomic mass is 10.2. The number of halogens is 1. The third kappa shape index (κ3) is 3.43. The summed E-state index contributed by atoms with van der Waals surface area (Å²) < 4.78 is 43.2. The summed E-state index contributed by atoms with van der Waals surface area (Å²) in [5, 5.41) is 7.93. The molecule has 0 unspecified atom stereocenters. The molecule has 0 saturated heterocycles. The summed E-state index contributed by atoms with van der Waals surface area (Å²) in [6.07, 6.45) is 4.00. The first-order chi connectivity index (χ1) is 11.5. The number of rotatable bonds is 6. The summed E-state index contributed by atoms with van der Waals surface area (Å²) in [5.41, 5.74) is 0.432. The van der Waals surface area contributed by atoms with E-state index in [2.05, 4.69) is 19.9 Å². The van der Waals surface area contributed by atoms with E-state index in [1.54, 1.807) is 18.2 Å². The fourth-order valence-corrected chi connectivity index (χ4v) is 2.95. The van der Waals surface area contributed by atoms with Gasteiger partial charge in [-0.3, -0.25) is 4.68 Å². The second-order valence-corrected chi connectivity index (χ2v) is 6.68. The van der Waals surface area contributed by atoms with Crippen molar-refractivity contribution in [3.8, 4) is 0 Å². The van der Waals surface area contributed by atoms with Gasteiger partial charge in [-0.2, -0.15) is 10.1 Å². The molecule has 0 aliphatic rings. The standard InChI is InChI=1S/C14H15FN6O2S/c1-2-20-9-12(7-17-20)24(22,23)19-14-16-10-21(18-14)8-11-5-3-4-6-13(11)15/h3-7,9-10H,2,8H2,1H3,(H,18,19). The number of hydrogen-bond donors (Lipinski definition) is 1. The van der Waals surface area contributed by atoms with E-state index in [-0.39, 0.29) is 23.2 Å². The number of aromatic nitrogens is 5. The first kappa shape index (κ1) is 16.1. The third-order valence-electron chi connectivity index (χ3n) is 3.30. The number of nitrogens with zero attached hydrogens (tertiary/aromatic N) is 5. The van der Waals surface area contributed by atoms with Crippen molar-refractivity contribution in [3.05, 3.63) is 54.4 Å². The van der Waals surface area contributed by atoms with E-state index >= 15 is 0 Å². The van der Waals surface area contributed by atoms with Crippen LogP contribution in [-0.4, -0.2) is 33.0 Å². The van der Waals surface area contributed by atoms with Crippen LogP contribution < -0.4 is 4.72 Å². The van der Waals surface area contributed by atoms with Gasteiger partial charge in [0.1, 0.15) is 17.0 Å². The van der Waals surface area contributed by atoms with Crippen LogP contribution in [0.1, 0.15) is 12.5 Å². The summed E-state index contributed by atoms with van der Waals surface area (Å²) >= 11 is 0.